The molecule has 0 rings (SSSR count). The van der Waals surface area contributed by atoms with Crippen molar-refractivity contribution in [3.05, 3.63) is 0 Å². The molecule has 0 heterocycles. The number of thiol groups is 1. The summed E-state index contributed by atoms with van der Waals surface area (Å²) in [5.41, 5.74) is 0. The van der Waals surface area contributed by atoms with Gasteiger partial charge < -0.3 is 7.96 Å². The zero-order valence-corrected chi connectivity index (χ0v) is 8.70. The van der Waals surface area contributed by atoms with E-state index in [4.69, 9.17) is 9.90 Å². The van der Waals surface area contributed by atoms with Gasteiger partial charge in [-0.1, -0.05) is 12.6 Å². The summed E-state index contributed by atoms with van der Waals surface area (Å²) < 4.78 is 0. The number of hydrogen-bond acceptors (Lipinski definition) is 1. The van der Waals surface area contributed by atoms with E-state index in [9.17, 15) is 0 Å². The number of carboxylic acid groups (broad SMARTS) is 1. The number of hydrogen-bond donors (Lipinski definition) is 2. The third-order valence-electron chi connectivity index (χ3n) is 0. The maximum absolute atomic E-state index is 8.86. The van der Waals surface area contributed by atoms with E-state index in [0.717, 1.165) is 0 Å². The molecule has 5 heteroatoms. The zero-order chi connectivity index (χ0) is 3.58. The van der Waals surface area contributed by atoms with Crippen LogP contribution in [-0.4, -0.2) is 10.4 Å². The van der Waals surface area contributed by atoms with Crippen molar-refractivity contribution in [1.29, 1.82) is 0 Å². The molecule has 0 aliphatic heterocycles. The van der Waals surface area contributed by atoms with E-state index in [1.165, 1.54) is 0 Å². The Labute approximate surface area is 88.6 Å². The van der Waals surface area contributed by atoms with Gasteiger partial charge >= 0.3 is 64.4 Å². The van der Waals surface area contributed by atoms with Crippen LogP contribution < -0.4 is 59.1 Å². The van der Waals surface area contributed by atoms with Crippen LogP contribution >= 0.6 is 12.6 Å². The first kappa shape index (κ1) is 15.7. The maximum atomic E-state index is 8.86. The number of rotatable bonds is 0. The van der Waals surface area contributed by atoms with Gasteiger partial charge in [-0.15, -0.1) is 0 Å². The van der Waals surface area contributed by atoms with E-state index >= 15 is 0 Å². The molecule has 0 aromatic carbocycles. The van der Waals surface area contributed by atoms with Crippen LogP contribution in [0.25, 0.3) is 0 Å². The van der Waals surface area contributed by atoms with Crippen LogP contribution in [-0.2, 0) is 0 Å². The second kappa shape index (κ2) is 9.94. The first-order valence-electron chi connectivity index (χ1n) is 0.651. The summed E-state index contributed by atoms with van der Waals surface area (Å²) in [5, 5.41) is 6.14. The van der Waals surface area contributed by atoms with Gasteiger partial charge in [-0.25, -0.2) is 4.79 Å². The van der Waals surface area contributed by atoms with E-state index in [2.05, 4.69) is 12.6 Å². The molecule has 6 heavy (non-hydrogen) atoms. The summed E-state index contributed by atoms with van der Waals surface area (Å²) in [4.78, 5) is 8.86. The Hall–Kier alpha value is 1.82. The molecule has 0 aliphatic rings. The fourth-order valence-electron chi connectivity index (χ4n) is 0. The minimum absolute atomic E-state index is 0. The van der Waals surface area contributed by atoms with Crippen LogP contribution in [0.15, 0.2) is 0 Å². The normalized spacial score (nSPS) is 4.17. The molecular formula is CH4Na2O2S. The van der Waals surface area contributed by atoms with Gasteiger partial charge in [-0.05, 0) is 0 Å². The standard InChI is InChI=1S/CH2O2S.2Na.2H/c2-1(3)4;;;;/h4H,(H,2,3);;;;/q;2*+1;2*-1. The molecule has 0 spiro atoms. The summed E-state index contributed by atoms with van der Waals surface area (Å²) in [5.74, 6) is 0. The summed E-state index contributed by atoms with van der Waals surface area (Å²) >= 11 is 2.88. The molecule has 0 saturated carbocycles. The molecule has 0 radical (unpaired) electrons. The fraction of sp³-hybridized carbons (Fsp3) is 0. The first-order chi connectivity index (χ1) is 1.73. The topological polar surface area (TPSA) is 37.3 Å². The molecule has 0 saturated heterocycles. The Morgan fingerprint density at radius 1 is 1.67 bits per heavy atom. The van der Waals surface area contributed by atoms with Crippen LogP contribution in [0.5, 0.6) is 0 Å². The molecule has 0 amide bonds. The Morgan fingerprint density at radius 3 is 1.67 bits per heavy atom. The summed E-state index contributed by atoms with van der Waals surface area (Å²) in [6.07, 6.45) is 0. The van der Waals surface area contributed by atoms with Crippen molar-refractivity contribution in [3.8, 4) is 0 Å². The van der Waals surface area contributed by atoms with Crippen LogP contribution in [0.3, 0.4) is 0 Å². The summed E-state index contributed by atoms with van der Waals surface area (Å²) in [7, 11) is 0. The van der Waals surface area contributed by atoms with Gasteiger partial charge in [0.1, 0.15) is 0 Å². The average Bonchev–Trinajstić information content (AvgIpc) is 0.811. The molecule has 2 nitrogen and oxygen atoms in total. The van der Waals surface area contributed by atoms with E-state index in [1.54, 1.807) is 0 Å². The van der Waals surface area contributed by atoms with Crippen LogP contribution in [0.1, 0.15) is 2.85 Å². The Morgan fingerprint density at radius 2 is 1.67 bits per heavy atom. The van der Waals surface area contributed by atoms with E-state index in [0.29, 0.717) is 0 Å². The van der Waals surface area contributed by atoms with E-state index < -0.39 is 5.30 Å². The molecular weight excluding hydrogens is 122 g/mol. The Kier molecular flexibility index (Phi) is 25.9. The maximum Gasteiger partial charge on any atom is 1.00 e. The monoisotopic (exact) mass is 126 g/mol. The van der Waals surface area contributed by atoms with Gasteiger partial charge in [0, 0.05) is 0 Å². The summed E-state index contributed by atoms with van der Waals surface area (Å²) in [6, 6.07) is 0. The molecule has 0 unspecified atom stereocenters. The van der Waals surface area contributed by atoms with Gasteiger partial charge in [-0.3, -0.25) is 0 Å². The second-order valence-electron chi connectivity index (χ2n) is 0.283. The predicted molar refractivity (Wildman–Crippen MR) is 19.2 cm³/mol. The van der Waals surface area contributed by atoms with Crippen LogP contribution in [0.2, 0.25) is 0 Å². The van der Waals surface area contributed by atoms with Gasteiger partial charge in [-0.2, -0.15) is 0 Å². The van der Waals surface area contributed by atoms with Crippen molar-refractivity contribution in [2.75, 3.05) is 0 Å². The minimum atomic E-state index is -1.14. The van der Waals surface area contributed by atoms with E-state index in [1.807, 2.05) is 0 Å². The van der Waals surface area contributed by atoms with Crippen LogP contribution in [0, 0.1) is 0 Å². The summed E-state index contributed by atoms with van der Waals surface area (Å²) in [6.45, 7) is 0. The van der Waals surface area contributed by atoms with Gasteiger partial charge in [0.25, 0.3) is 0 Å². The third-order valence-corrected chi connectivity index (χ3v) is 0. The smallest absolute Gasteiger partial charge is 1.00 e. The molecule has 0 atom stereocenters. The Balaban J connectivity index is -0.00000000750. The molecule has 0 aliphatic carbocycles. The first-order valence-corrected chi connectivity index (χ1v) is 1.10. The molecule has 0 aromatic rings. The van der Waals surface area contributed by atoms with Gasteiger partial charge in [0.05, 0.1) is 0 Å². The molecule has 28 valence electrons. The quantitative estimate of drug-likeness (QED) is 0.251. The van der Waals surface area contributed by atoms with Crippen molar-refractivity contribution in [2.45, 2.75) is 0 Å². The van der Waals surface area contributed by atoms with Crippen LogP contribution in [0.4, 0.5) is 4.79 Å². The minimum Gasteiger partial charge on any atom is -1.00 e. The second-order valence-corrected chi connectivity index (χ2v) is 0.665. The fourth-order valence-corrected chi connectivity index (χ4v) is 0. The zero-order valence-electron chi connectivity index (χ0n) is 5.80. The van der Waals surface area contributed by atoms with Crippen molar-refractivity contribution in [1.82, 2.24) is 0 Å². The molecule has 0 bridgehead atoms. The third kappa shape index (κ3) is 40.8. The average molecular weight is 126 g/mol. The number of carbonyl (C=O) groups is 1. The Bertz CT molecular complexity index is 41.0. The van der Waals surface area contributed by atoms with Gasteiger partial charge in [0.15, 0.2) is 0 Å². The van der Waals surface area contributed by atoms with Gasteiger partial charge in [0.2, 0.25) is 0 Å². The SMILES string of the molecule is O=C(O)S.[H-].[H-].[Na+].[Na+]. The predicted octanol–water partition coefficient (Wildman–Crippen LogP) is -5.17. The van der Waals surface area contributed by atoms with Crippen molar-refractivity contribution >= 4 is 17.9 Å². The van der Waals surface area contributed by atoms with E-state index in [-0.39, 0.29) is 62.0 Å². The molecule has 1 N–H and O–H groups in total. The van der Waals surface area contributed by atoms with Crippen molar-refractivity contribution in [2.24, 2.45) is 0 Å². The van der Waals surface area contributed by atoms with Crippen molar-refractivity contribution < 1.29 is 71.9 Å². The molecule has 0 fully saturated rings. The van der Waals surface area contributed by atoms with Crippen molar-refractivity contribution in [3.63, 3.8) is 0 Å². The largest absolute Gasteiger partial charge is 1.00 e. The molecule has 0 aromatic heterocycles.